The summed E-state index contributed by atoms with van der Waals surface area (Å²) in [5.74, 6) is 0. The molecule has 0 bridgehead atoms. The fraction of sp³-hybridized carbons (Fsp3) is 0.846. The summed E-state index contributed by atoms with van der Waals surface area (Å²) < 4.78 is 21.1. The van der Waals surface area contributed by atoms with E-state index in [1.54, 1.807) is 0 Å². The number of azide groups is 1. The number of ether oxygens (including phenoxy) is 4. The molecule has 0 heterocycles. The smallest absolute Gasteiger partial charge is 0.145 e. The van der Waals surface area contributed by atoms with Gasteiger partial charge in [0.2, 0.25) is 0 Å². The number of carbonyl (C=O) groups is 2. The zero-order chi connectivity index (χ0) is 16.5. The Morgan fingerprint density at radius 2 is 1.50 bits per heavy atom. The molecule has 0 rings (SSSR count). The second-order valence-electron chi connectivity index (χ2n) is 4.79. The van der Waals surface area contributed by atoms with Crippen LogP contribution in [-0.4, -0.2) is 72.0 Å². The minimum atomic E-state index is -0.461. The van der Waals surface area contributed by atoms with Gasteiger partial charge in [0.1, 0.15) is 25.8 Å². The summed E-state index contributed by atoms with van der Waals surface area (Å²) in [5, 5.41) is 3.34. The van der Waals surface area contributed by atoms with Gasteiger partial charge in [-0.05, 0) is 5.53 Å². The van der Waals surface area contributed by atoms with Gasteiger partial charge in [-0.2, -0.15) is 0 Å². The zero-order valence-corrected chi connectivity index (χ0v) is 12.8. The van der Waals surface area contributed by atoms with Crippen LogP contribution in [0.4, 0.5) is 0 Å². The fourth-order valence-corrected chi connectivity index (χ4v) is 1.52. The van der Waals surface area contributed by atoms with E-state index in [4.69, 9.17) is 24.5 Å². The van der Waals surface area contributed by atoms with E-state index in [1.165, 1.54) is 0 Å². The summed E-state index contributed by atoms with van der Waals surface area (Å²) >= 11 is 0. The fourth-order valence-electron chi connectivity index (χ4n) is 1.52. The maximum atomic E-state index is 10.3. The molecule has 22 heavy (non-hydrogen) atoms. The molecule has 0 atom stereocenters. The van der Waals surface area contributed by atoms with Crippen LogP contribution in [0.15, 0.2) is 5.11 Å². The molecule has 0 aromatic carbocycles. The Labute approximate surface area is 129 Å². The highest BCUT2D eigenvalue weighted by Crippen LogP contribution is 2.18. The number of carbonyl (C=O) groups excluding carboxylic acids is 2. The van der Waals surface area contributed by atoms with Gasteiger partial charge in [-0.1, -0.05) is 12.0 Å². The van der Waals surface area contributed by atoms with Gasteiger partial charge in [-0.3, -0.25) is 0 Å². The van der Waals surface area contributed by atoms with Gasteiger partial charge >= 0.3 is 0 Å². The average molecular weight is 317 g/mol. The van der Waals surface area contributed by atoms with Gasteiger partial charge in [0.25, 0.3) is 0 Å². The third kappa shape index (κ3) is 12.2. The van der Waals surface area contributed by atoms with E-state index in [2.05, 4.69) is 10.0 Å². The molecule has 126 valence electrons. The number of rotatable bonds is 16. The lowest BCUT2D eigenvalue weighted by Gasteiger charge is -2.28. The topological polar surface area (TPSA) is 120 Å². The van der Waals surface area contributed by atoms with Crippen LogP contribution in [0.3, 0.4) is 0 Å². The highest BCUT2D eigenvalue weighted by molar-refractivity contribution is 5.50. The first-order chi connectivity index (χ1) is 10.7. The molecule has 0 aromatic rings. The zero-order valence-electron chi connectivity index (χ0n) is 12.8. The van der Waals surface area contributed by atoms with Crippen molar-refractivity contribution in [3.8, 4) is 0 Å². The van der Waals surface area contributed by atoms with E-state index in [9.17, 15) is 9.59 Å². The van der Waals surface area contributed by atoms with E-state index >= 15 is 0 Å². The first-order valence-electron chi connectivity index (χ1n) is 6.87. The van der Waals surface area contributed by atoms with Crippen LogP contribution < -0.4 is 0 Å². The lowest BCUT2D eigenvalue weighted by Crippen LogP contribution is -2.35. The van der Waals surface area contributed by atoms with E-state index in [1.807, 2.05) is 6.92 Å². The van der Waals surface area contributed by atoms with Crippen LogP contribution in [0.1, 0.15) is 6.92 Å². The quantitative estimate of drug-likeness (QED) is 0.136. The van der Waals surface area contributed by atoms with Crippen molar-refractivity contribution in [2.45, 2.75) is 6.92 Å². The predicted molar refractivity (Wildman–Crippen MR) is 77.5 cm³/mol. The summed E-state index contributed by atoms with van der Waals surface area (Å²) in [6.07, 6.45) is 1.34. The van der Waals surface area contributed by atoms with Crippen LogP contribution in [0.5, 0.6) is 0 Å². The van der Waals surface area contributed by atoms with Gasteiger partial charge in [0.05, 0.1) is 39.6 Å². The number of nitrogens with zero attached hydrogens (tertiary/aromatic N) is 3. The van der Waals surface area contributed by atoms with Crippen molar-refractivity contribution in [3.05, 3.63) is 10.4 Å². The Morgan fingerprint density at radius 1 is 0.955 bits per heavy atom. The SMILES string of the molecule is CC(COCC=O)(COCC=O)COCCOCCN=[N+]=[N-]. The molecule has 0 saturated carbocycles. The standard InChI is InChI=1S/C13H23N3O6/c1-13(10-20-6-3-17,11-21-7-4-18)12-22-9-8-19-5-2-15-16-14/h3-4H,2,5-12H2,1H3. The van der Waals surface area contributed by atoms with E-state index in [0.29, 0.717) is 39.0 Å². The van der Waals surface area contributed by atoms with Crippen molar-refractivity contribution < 1.29 is 28.5 Å². The first kappa shape index (κ1) is 20.5. The van der Waals surface area contributed by atoms with Gasteiger partial charge in [0.15, 0.2) is 0 Å². The second-order valence-corrected chi connectivity index (χ2v) is 4.79. The predicted octanol–water partition coefficient (Wildman–Crippen LogP) is 0.767. The number of hydrogen-bond donors (Lipinski definition) is 0. The van der Waals surface area contributed by atoms with Crippen LogP contribution in [0, 0.1) is 5.41 Å². The molecule has 0 aliphatic heterocycles. The molecule has 0 aromatic heterocycles. The van der Waals surface area contributed by atoms with Crippen LogP contribution in [-0.2, 0) is 28.5 Å². The van der Waals surface area contributed by atoms with E-state index in [0.717, 1.165) is 0 Å². The van der Waals surface area contributed by atoms with Crippen LogP contribution in [0.25, 0.3) is 10.4 Å². The maximum Gasteiger partial charge on any atom is 0.145 e. The van der Waals surface area contributed by atoms with E-state index < -0.39 is 5.41 Å². The van der Waals surface area contributed by atoms with Gasteiger partial charge in [0, 0.05) is 16.9 Å². The monoisotopic (exact) mass is 317 g/mol. The molecule has 0 saturated heterocycles. The molecular formula is C13H23N3O6. The van der Waals surface area contributed by atoms with Crippen molar-refractivity contribution in [1.82, 2.24) is 0 Å². The van der Waals surface area contributed by atoms with Crippen molar-refractivity contribution >= 4 is 12.6 Å². The molecule has 0 fully saturated rings. The lowest BCUT2D eigenvalue weighted by atomic mass is 9.94. The van der Waals surface area contributed by atoms with Gasteiger partial charge < -0.3 is 28.5 Å². The Balaban J connectivity index is 3.91. The number of hydrogen-bond acceptors (Lipinski definition) is 7. The van der Waals surface area contributed by atoms with E-state index in [-0.39, 0.29) is 33.0 Å². The highest BCUT2D eigenvalue weighted by atomic mass is 16.5. The summed E-state index contributed by atoms with van der Waals surface area (Å²) in [6.45, 7) is 4.16. The Kier molecular flexibility index (Phi) is 13.4. The summed E-state index contributed by atoms with van der Waals surface area (Å²) in [4.78, 5) is 23.2. The molecule has 9 nitrogen and oxygen atoms in total. The lowest BCUT2D eigenvalue weighted by molar-refractivity contribution is -0.118. The second kappa shape index (κ2) is 14.4. The molecule has 0 radical (unpaired) electrons. The molecule has 0 N–H and O–H groups in total. The van der Waals surface area contributed by atoms with Crippen molar-refractivity contribution in [2.24, 2.45) is 10.5 Å². The summed E-state index contributed by atoms with van der Waals surface area (Å²) in [7, 11) is 0. The van der Waals surface area contributed by atoms with Crippen LogP contribution >= 0.6 is 0 Å². The van der Waals surface area contributed by atoms with Gasteiger partial charge in [-0.25, -0.2) is 0 Å². The number of aldehydes is 2. The highest BCUT2D eigenvalue weighted by Gasteiger charge is 2.25. The Hall–Kier alpha value is -1.51. The molecular weight excluding hydrogens is 294 g/mol. The maximum absolute atomic E-state index is 10.3. The summed E-state index contributed by atoms with van der Waals surface area (Å²) in [5.41, 5.74) is 7.62. The third-order valence-electron chi connectivity index (χ3n) is 2.49. The average Bonchev–Trinajstić information content (AvgIpc) is 2.51. The van der Waals surface area contributed by atoms with Crippen molar-refractivity contribution in [3.63, 3.8) is 0 Å². The normalized spacial score (nSPS) is 11.0. The molecule has 0 amide bonds. The van der Waals surface area contributed by atoms with Crippen LogP contribution in [0.2, 0.25) is 0 Å². The largest absolute Gasteiger partial charge is 0.379 e. The Morgan fingerprint density at radius 3 is 2.05 bits per heavy atom. The minimum Gasteiger partial charge on any atom is -0.379 e. The Bertz CT molecular complexity index is 333. The summed E-state index contributed by atoms with van der Waals surface area (Å²) in [6, 6.07) is 0. The molecule has 0 aliphatic carbocycles. The third-order valence-corrected chi connectivity index (χ3v) is 2.49. The van der Waals surface area contributed by atoms with Crippen molar-refractivity contribution in [1.29, 1.82) is 0 Å². The first-order valence-corrected chi connectivity index (χ1v) is 6.87. The molecule has 0 aliphatic rings. The minimum absolute atomic E-state index is 0.00575. The molecule has 0 unspecified atom stereocenters. The molecule has 9 heteroatoms. The van der Waals surface area contributed by atoms with Gasteiger partial charge in [-0.15, -0.1) is 0 Å². The molecule has 0 spiro atoms. The van der Waals surface area contributed by atoms with Crippen molar-refractivity contribution in [2.75, 3.05) is 59.4 Å².